The van der Waals surface area contributed by atoms with Crippen LogP contribution in [0.5, 0.6) is 0 Å². The summed E-state index contributed by atoms with van der Waals surface area (Å²) in [7, 11) is 2.20. The second-order valence-corrected chi connectivity index (χ2v) is 6.32. The van der Waals surface area contributed by atoms with Gasteiger partial charge in [0.25, 0.3) is 0 Å². The molecule has 0 aromatic heterocycles. The van der Waals surface area contributed by atoms with Crippen LogP contribution in [0.1, 0.15) is 31.2 Å². The van der Waals surface area contributed by atoms with E-state index < -0.39 is 0 Å². The number of hydrogen-bond acceptors (Lipinski definition) is 3. The fourth-order valence-corrected chi connectivity index (χ4v) is 3.40. The van der Waals surface area contributed by atoms with Crippen molar-refractivity contribution in [2.45, 2.75) is 44.1 Å². The summed E-state index contributed by atoms with van der Waals surface area (Å²) >= 11 is 5.92. The zero-order valence-corrected chi connectivity index (χ0v) is 12.7. The molecule has 1 aliphatic heterocycles. The summed E-state index contributed by atoms with van der Waals surface area (Å²) in [6.45, 7) is 2.48. The Morgan fingerprint density at radius 1 is 1.15 bits per heavy atom. The fraction of sp³-hybridized carbons (Fsp3) is 0.625. The van der Waals surface area contributed by atoms with Crippen LogP contribution < -0.4 is 0 Å². The molecule has 0 unspecified atom stereocenters. The summed E-state index contributed by atoms with van der Waals surface area (Å²) in [6.07, 6.45) is 4.32. The normalized spacial score (nSPS) is 22.8. The molecule has 4 heteroatoms. The van der Waals surface area contributed by atoms with Crippen LogP contribution in [0, 0.1) is 0 Å². The lowest BCUT2D eigenvalue weighted by molar-refractivity contribution is -0.183. The van der Waals surface area contributed by atoms with Gasteiger partial charge in [-0.3, -0.25) is 4.90 Å². The molecule has 1 saturated carbocycles. The summed E-state index contributed by atoms with van der Waals surface area (Å²) in [4.78, 5) is 2.44. The van der Waals surface area contributed by atoms with E-state index in [9.17, 15) is 0 Å². The summed E-state index contributed by atoms with van der Waals surface area (Å²) in [5.74, 6) is -0.252. The molecule has 0 N–H and O–H groups in total. The summed E-state index contributed by atoms with van der Waals surface area (Å²) in [5.41, 5.74) is 1.31. The van der Waals surface area contributed by atoms with Crippen LogP contribution in [0.15, 0.2) is 24.3 Å². The molecule has 0 atom stereocenters. The molecule has 0 bridgehead atoms. The molecule has 2 fully saturated rings. The third-order valence-corrected chi connectivity index (χ3v) is 4.75. The van der Waals surface area contributed by atoms with Gasteiger partial charge in [0.1, 0.15) is 0 Å². The quantitative estimate of drug-likeness (QED) is 0.852. The number of halogens is 1. The first kappa shape index (κ1) is 14.3. The third kappa shape index (κ3) is 3.17. The molecule has 110 valence electrons. The van der Waals surface area contributed by atoms with Crippen molar-refractivity contribution in [3.05, 3.63) is 34.9 Å². The first-order valence-corrected chi connectivity index (χ1v) is 7.77. The third-order valence-electron chi connectivity index (χ3n) is 4.50. The molecule has 1 aliphatic carbocycles. The van der Waals surface area contributed by atoms with Gasteiger partial charge in [-0.05, 0) is 37.6 Å². The smallest absolute Gasteiger partial charge is 0.168 e. The maximum Gasteiger partial charge on any atom is 0.168 e. The monoisotopic (exact) mass is 295 g/mol. The van der Waals surface area contributed by atoms with Crippen LogP contribution in [-0.4, -0.2) is 37.0 Å². The first-order chi connectivity index (χ1) is 9.67. The van der Waals surface area contributed by atoms with E-state index in [2.05, 4.69) is 24.1 Å². The minimum Gasteiger partial charge on any atom is -0.348 e. The molecule has 0 amide bonds. The van der Waals surface area contributed by atoms with E-state index >= 15 is 0 Å². The fourth-order valence-electron chi connectivity index (χ4n) is 3.28. The Morgan fingerprint density at radius 2 is 1.75 bits per heavy atom. The topological polar surface area (TPSA) is 21.7 Å². The van der Waals surface area contributed by atoms with Gasteiger partial charge in [0.05, 0.1) is 13.2 Å². The SMILES string of the molecule is CN(Cc1ccc(Cl)cc1)C1CCC2(CC1)OCCO2. The number of hydrogen-bond donors (Lipinski definition) is 0. The molecular formula is C16H22ClNO2. The lowest BCUT2D eigenvalue weighted by atomic mass is 9.89. The van der Waals surface area contributed by atoms with Crippen LogP contribution in [0.3, 0.4) is 0 Å². The average molecular weight is 296 g/mol. The maximum absolute atomic E-state index is 5.92. The largest absolute Gasteiger partial charge is 0.348 e. The minimum atomic E-state index is -0.252. The molecule has 20 heavy (non-hydrogen) atoms. The second kappa shape index (κ2) is 6.02. The van der Waals surface area contributed by atoms with Gasteiger partial charge in [0, 0.05) is 30.5 Å². The highest BCUT2D eigenvalue weighted by atomic mass is 35.5. The van der Waals surface area contributed by atoms with E-state index in [1.165, 1.54) is 5.56 Å². The van der Waals surface area contributed by atoms with E-state index in [1.807, 2.05) is 12.1 Å². The Morgan fingerprint density at radius 3 is 2.35 bits per heavy atom. The van der Waals surface area contributed by atoms with Crippen LogP contribution >= 0.6 is 11.6 Å². The van der Waals surface area contributed by atoms with Crippen molar-refractivity contribution >= 4 is 11.6 Å². The van der Waals surface area contributed by atoms with Crippen LogP contribution in [0.4, 0.5) is 0 Å². The molecule has 0 radical (unpaired) electrons. The zero-order valence-electron chi connectivity index (χ0n) is 12.0. The summed E-state index contributed by atoms with van der Waals surface area (Å²) < 4.78 is 11.6. The van der Waals surface area contributed by atoms with Crippen molar-refractivity contribution in [3.63, 3.8) is 0 Å². The maximum atomic E-state index is 5.92. The Labute approximate surface area is 125 Å². The van der Waals surface area contributed by atoms with Gasteiger partial charge in [-0.15, -0.1) is 0 Å². The predicted octanol–water partition coefficient (Wildman–Crippen LogP) is 3.46. The van der Waals surface area contributed by atoms with Gasteiger partial charge in [-0.25, -0.2) is 0 Å². The van der Waals surface area contributed by atoms with E-state index in [4.69, 9.17) is 21.1 Å². The van der Waals surface area contributed by atoms with E-state index in [0.717, 1.165) is 50.5 Å². The Balaban J connectivity index is 1.53. The van der Waals surface area contributed by atoms with Crippen molar-refractivity contribution in [3.8, 4) is 0 Å². The molecule has 1 aromatic carbocycles. The van der Waals surface area contributed by atoms with Crippen LogP contribution in [0.2, 0.25) is 5.02 Å². The molecule has 1 heterocycles. The number of ether oxygens (including phenoxy) is 2. The van der Waals surface area contributed by atoms with Gasteiger partial charge < -0.3 is 9.47 Å². The Bertz CT molecular complexity index is 432. The lowest BCUT2D eigenvalue weighted by Crippen LogP contribution is -2.42. The zero-order chi connectivity index (χ0) is 14.0. The standard InChI is InChI=1S/C16H22ClNO2/c1-18(12-13-2-4-14(17)5-3-13)15-6-8-16(9-7-15)19-10-11-20-16/h2-5,15H,6-12H2,1H3. The van der Waals surface area contributed by atoms with Crippen LogP contribution in [0.25, 0.3) is 0 Å². The molecule has 1 aromatic rings. The minimum absolute atomic E-state index is 0.252. The Kier molecular flexibility index (Phi) is 4.32. The first-order valence-electron chi connectivity index (χ1n) is 7.39. The van der Waals surface area contributed by atoms with Crippen molar-refractivity contribution in [1.29, 1.82) is 0 Å². The number of benzene rings is 1. The predicted molar refractivity (Wildman–Crippen MR) is 79.8 cm³/mol. The molecular weight excluding hydrogens is 274 g/mol. The lowest BCUT2D eigenvalue weighted by Gasteiger charge is -2.39. The highest BCUT2D eigenvalue weighted by molar-refractivity contribution is 6.30. The summed E-state index contributed by atoms with van der Waals surface area (Å²) in [6, 6.07) is 8.74. The van der Waals surface area contributed by atoms with Crippen molar-refractivity contribution in [1.82, 2.24) is 4.90 Å². The van der Waals surface area contributed by atoms with Crippen molar-refractivity contribution in [2.24, 2.45) is 0 Å². The molecule has 3 rings (SSSR count). The number of nitrogens with zero attached hydrogens (tertiary/aromatic N) is 1. The van der Waals surface area contributed by atoms with Gasteiger partial charge in [0.15, 0.2) is 5.79 Å². The van der Waals surface area contributed by atoms with Crippen molar-refractivity contribution in [2.75, 3.05) is 20.3 Å². The second-order valence-electron chi connectivity index (χ2n) is 5.88. The molecule has 1 saturated heterocycles. The van der Waals surface area contributed by atoms with E-state index in [0.29, 0.717) is 6.04 Å². The van der Waals surface area contributed by atoms with Gasteiger partial charge in [0.2, 0.25) is 0 Å². The average Bonchev–Trinajstić information content (AvgIpc) is 2.90. The summed E-state index contributed by atoms with van der Waals surface area (Å²) in [5, 5.41) is 0.798. The highest BCUT2D eigenvalue weighted by Gasteiger charge is 2.40. The van der Waals surface area contributed by atoms with E-state index in [-0.39, 0.29) is 5.79 Å². The van der Waals surface area contributed by atoms with Crippen LogP contribution in [-0.2, 0) is 16.0 Å². The molecule has 3 nitrogen and oxygen atoms in total. The van der Waals surface area contributed by atoms with Gasteiger partial charge in [-0.1, -0.05) is 23.7 Å². The van der Waals surface area contributed by atoms with Crippen molar-refractivity contribution < 1.29 is 9.47 Å². The Hall–Kier alpha value is -0.610. The highest BCUT2D eigenvalue weighted by Crippen LogP contribution is 2.37. The molecule has 1 spiro atoms. The van der Waals surface area contributed by atoms with Gasteiger partial charge >= 0.3 is 0 Å². The number of rotatable bonds is 3. The van der Waals surface area contributed by atoms with E-state index in [1.54, 1.807) is 0 Å². The molecule has 2 aliphatic rings. The van der Waals surface area contributed by atoms with Gasteiger partial charge in [-0.2, -0.15) is 0 Å².